The average Bonchev–Trinajstić information content (AvgIpc) is 2.75. The number of allylic oxidation sites excluding steroid dienone is 1. The lowest BCUT2D eigenvalue weighted by atomic mass is 10.0. The van der Waals surface area contributed by atoms with E-state index in [0.717, 1.165) is 5.76 Å². The third kappa shape index (κ3) is 2.04. The van der Waals surface area contributed by atoms with Crippen LogP contribution in [0.25, 0.3) is 5.76 Å². The fraction of sp³-hybridized carbons (Fsp3) is 0.176. The van der Waals surface area contributed by atoms with Crippen LogP contribution in [-0.4, -0.2) is 0 Å². The van der Waals surface area contributed by atoms with Crippen LogP contribution >= 0.6 is 0 Å². The van der Waals surface area contributed by atoms with Crippen molar-refractivity contribution < 1.29 is 4.74 Å². The summed E-state index contributed by atoms with van der Waals surface area (Å²) in [5.74, 6) is 1.47. The summed E-state index contributed by atoms with van der Waals surface area (Å²) in [4.78, 5) is 0. The molecular formula is C17H16O. The van der Waals surface area contributed by atoms with Gasteiger partial charge in [-0.15, -0.1) is 0 Å². The van der Waals surface area contributed by atoms with E-state index in [-0.39, 0.29) is 0 Å². The molecule has 3 rings (SSSR count). The van der Waals surface area contributed by atoms with Crippen molar-refractivity contribution >= 4 is 5.76 Å². The Labute approximate surface area is 108 Å². The summed E-state index contributed by atoms with van der Waals surface area (Å²) in [5, 5.41) is 0. The Kier molecular flexibility index (Phi) is 2.89. The summed E-state index contributed by atoms with van der Waals surface area (Å²) in [5.41, 5.74) is 3.80. The Morgan fingerprint density at radius 1 is 0.944 bits per heavy atom. The third-order valence-electron chi connectivity index (χ3n) is 3.36. The molecular weight excluding hydrogens is 220 g/mol. The molecule has 0 saturated heterocycles. The van der Waals surface area contributed by atoms with Crippen LogP contribution < -0.4 is 0 Å². The second-order valence-electron chi connectivity index (χ2n) is 4.68. The van der Waals surface area contributed by atoms with Crippen molar-refractivity contribution in [2.75, 3.05) is 0 Å². The minimum Gasteiger partial charge on any atom is -0.489 e. The van der Waals surface area contributed by atoms with E-state index in [0.29, 0.717) is 12.5 Å². The van der Waals surface area contributed by atoms with Crippen molar-refractivity contribution in [1.82, 2.24) is 0 Å². The molecule has 1 aliphatic carbocycles. The minimum absolute atomic E-state index is 0.451. The SMILES string of the molecule is C[C@H]1C=C(OCc2ccccc2)c2ccccc21. The van der Waals surface area contributed by atoms with Crippen LogP contribution in [0.5, 0.6) is 0 Å². The average molecular weight is 236 g/mol. The summed E-state index contributed by atoms with van der Waals surface area (Å²) >= 11 is 0. The highest BCUT2D eigenvalue weighted by molar-refractivity contribution is 5.70. The number of hydrogen-bond donors (Lipinski definition) is 0. The molecule has 90 valence electrons. The lowest BCUT2D eigenvalue weighted by molar-refractivity contribution is 0.265. The number of rotatable bonds is 3. The van der Waals surface area contributed by atoms with E-state index in [4.69, 9.17) is 4.74 Å². The summed E-state index contributed by atoms with van der Waals surface area (Å²) in [6.45, 7) is 2.84. The lowest BCUT2D eigenvalue weighted by Gasteiger charge is -2.09. The molecule has 18 heavy (non-hydrogen) atoms. The Bertz CT molecular complexity index is 569. The second-order valence-corrected chi connectivity index (χ2v) is 4.68. The molecule has 0 bridgehead atoms. The molecule has 0 unspecified atom stereocenters. The monoisotopic (exact) mass is 236 g/mol. The highest BCUT2D eigenvalue weighted by Gasteiger charge is 2.20. The maximum atomic E-state index is 5.95. The van der Waals surface area contributed by atoms with Gasteiger partial charge in [0.1, 0.15) is 12.4 Å². The Morgan fingerprint density at radius 2 is 1.67 bits per heavy atom. The molecule has 2 aromatic carbocycles. The summed E-state index contributed by atoms with van der Waals surface area (Å²) in [6.07, 6.45) is 2.20. The zero-order chi connectivity index (χ0) is 12.4. The predicted octanol–water partition coefficient (Wildman–Crippen LogP) is 4.36. The molecule has 1 heteroatoms. The Balaban J connectivity index is 1.77. The third-order valence-corrected chi connectivity index (χ3v) is 3.36. The highest BCUT2D eigenvalue weighted by atomic mass is 16.5. The first-order chi connectivity index (χ1) is 8.84. The number of benzene rings is 2. The van der Waals surface area contributed by atoms with Gasteiger partial charge < -0.3 is 4.74 Å². The van der Waals surface area contributed by atoms with Gasteiger partial charge in [0.05, 0.1) is 0 Å². The van der Waals surface area contributed by atoms with Gasteiger partial charge in [0.2, 0.25) is 0 Å². The first-order valence-corrected chi connectivity index (χ1v) is 6.32. The molecule has 2 aromatic rings. The molecule has 0 spiro atoms. The van der Waals surface area contributed by atoms with Crippen molar-refractivity contribution in [1.29, 1.82) is 0 Å². The smallest absolute Gasteiger partial charge is 0.123 e. The lowest BCUT2D eigenvalue weighted by Crippen LogP contribution is -1.92. The van der Waals surface area contributed by atoms with E-state index in [1.54, 1.807) is 0 Å². The van der Waals surface area contributed by atoms with E-state index in [1.807, 2.05) is 18.2 Å². The van der Waals surface area contributed by atoms with Crippen molar-refractivity contribution in [2.45, 2.75) is 19.4 Å². The van der Waals surface area contributed by atoms with Crippen LogP contribution in [0.15, 0.2) is 60.7 Å². The molecule has 0 aromatic heterocycles. The van der Waals surface area contributed by atoms with Gasteiger partial charge in [0, 0.05) is 11.5 Å². The van der Waals surface area contributed by atoms with Crippen molar-refractivity contribution in [3.63, 3.8) is 0 Å². The van der Waals surface area contributed by atoms with Gasteiger partial charge in [-0.05, 0) is 17.2 Å². The maximum Gasteiger partial charge on any atom is 0.123 e. The van der Waals surface area contributed by atoms with Gasteiger partial charge in [-0.3, -0.25) is 0 Å². The van der Waals surface area contributed by atoms with Crippen molar-refractivity contribution in [3.8, 4) is 0 Å². The van der Waals surface area contributed by atoms with Crippen molar-refractivity contribution in [3.05, 3.63) is 77.4 Å². The molecule has 0 saturated carbocycles. The van der Waals surface area contributed by atoms with Crippen LogP contribution in [0.2, 0.25) is 0 Å². The summed E-state index contributed by atoms with van der Waals surface area (Å²) in [7, 11) is 0. The summed E-state index contributed by atoms with van der Waals surface area (Å²) in [6, 6.07) is 18.7. The standard InChI is InChI=1S/C17H16O/c1-13-11-17(16-10-6-5-9-15(13)16)18-12-14-7-3-2-4-8-14/h2-11,13H,12H2,1H3/t13-/m0/s1. The van der Waals surface area contributed by atoms with Gasteiger partial charge in [0.15, 0.2) is 0 Å². The fourth-order valence-corrected chi connectivity index (χ4v) is 2.39. The molecule has 0 radical (unpaired) electrons. The first-order valence-electron chi connectivity index (χ1n) is 6.32. The number of fused-ring (bicyclic) bond motifs is 1. The predicted molar refractivity (Wildman–Crippen MR) is 74.1 cm³/mol. The molecule has 1 nitrogen and oxygen atoms in total. The van der Waals surface area contributed by atoms with E-state index in [2.05, 4.69) is 49.4 Å². The molecule has 0 amide bonds. The molecule has 1 atom stereocenters. The molecule has 1 aliphatic rings. The Morgan fingerprint density at radius 3 is 2.50 bits per heavy atom. The van der Waals surface area contributed by atoms with Gasteiger partial charge in [-0.1, -0.05) is 61.5 Å². The van der Waals surface area contributed by atoms with Gasteiger partial charge in [-0.2, -0.15) is 0 Å². The van der Waals surface area contributed by atoms with Crippen molar-refractivity contribution in [2.24, 2.45) is 0 Å². The molecule has 0 fully saturated rings. The zero-order valence-electron chi connectivity index (χ0n) is 10.5. The molecule has 0 heterocycles. The second kappa shape index (κ2) is 4.69. The Hall–Kier alpha value is -2.02. The molecule has 0 aliphatic heterocycles. The quantitative estimate of drug-likeness (QED) is 0.769. The van der Waals surface area contributed by atoms with E-state index >= 15 is 0 Å². The fourth-order valence-electron chi connectivity index (χ4n) is 2.39. The summed E-state index contributed by atoms with van der Waals surface area (Å²) < 4.78 is 5.95. The van der Waals surface area contributed by atoms with E-state index in [9.17, 15) is 0 Å². The van der Waals surface area contributed by atoms with Crippen LogP contribution in [0, 0.1) is 0 Å². The van der Waals surface area contributed by atoms with Crippen LogP contribution in [-0.2, 0) is 11.3 Å². The van der Waals surface area contributed by atoms with Crippen LogP contribution in [0.4, 0.5) is 0 Å². The topological polar surface area (TPSA) is 9.23 Å². The van der Waals surface area contributed by atoms with E-state index < -0.39 is 0 Å². The van der Waals surface area contributed by atoms with Gasteiger partial charge in [-0.25, -0.2) is 0 Å². The first kappa shape index (κ1) is 11.1. The van der Waals surface area contributed by atoms with Crippen LogP contribution in [0.3, 0.4) is 0 Å². The van der Waals surface area contributed by atoms with E-state index in [1.165, 1.54) is 16.7 Å². The van der Waals surface area contributed by atoms with Crippen LogP contribution in [0.1, 0.15) is 29.5 Å². The zero-order valence-corrected chi connectivity index (χ0v) is 10.5. The van der Waals surface area contributed by atoms with Gasteiger partial charge in [0.25, 0.3) is 0 Å². The van der Waals surface area contributed by atoms with Gasteiger partial charge >= 0.3 is 0 Å². The normalized spacial score (nSPS) is 17.2. The maximum absolute atomic E-state index is 5.95. The molecule has 0 N–H and O–H groups in total. The minimum atomic E-state index is 0.451. The number of hydrogen-bond acceptors (Lipinski definition) is 1. The number of ether oxygens (including phenoxy) is 1. The highest BCUT2D eigenvalue weighted by Crippen LogP contribution is 2.36. The largest absolute Gasteiger partial charge is 0.489 e.